The largest absolute Gasteiger partial charge is 0.393 e. The van der Waals surface area contributed by atoms with E-state index >= 15 is 0 Å². The molecule has 2 N–H and O–H groups in total. The molecule has 3 aromatic rings. The van der Waals surface area contributed by atoms with Crippen LogP contribution in [0.25, 0.3) is 10.9 Å². The average molecular weight is 336 g/mol. The second-order valence-corrected chi connectivity index (χ2v) is 6.69. The highest BCUT2D eigenvalue weighted by Crippen LogP contribution is 2.38. The second kappa shape index (κ2) is 6.29. The topological polar surface area (TPSA) is 80.0 Å². The lowest BCUT2D eigenvalue weighted by molar-refractivity contribution is 0.0235. The maximum atomic E-state index is 12.8. The summed E-state index contributed by atoms with van der Waals surface area (Å²) in [6.07, 6.45) is 6.55. The third-order valence-electron chi connectivity index (χ3n) is 4.86. The Morgan fingerprint density at radius 3 is 2.92 bits per heavy atom. The van der Waals surface area contributed by atoms with Gasteiger partial charge in [-0.25, -0.2) is 0 Å². The fourth-order valence-corrected chi connectivity index (χ4v) is 3.42. The predicted molar refractivity (Wildman–Crippen MR) is 93.9 cm³/mol. The van der Waals surface area contributed by atoms with E-state index in [-0.39, 0.29) is 24.0 Å². The molecule has 0 saturated heterocycles. The summed E-state index contributed by atoms with van der Waals surface area (Å²) in [4.78, 5) is 17.1. The molecule has 1 amide bonds. The quantitative estimate of drug-likeness (QED) is 0.765. The lowest BCUT2D eigenvalue weighted by Gasteiger charge is -2.37. The number of carbonyl (C=O) groups excluding carboxylic acids is 1. The van der Waals surface area contributed by atoms with E-state index in [0.717, 1.165) is 16.5 Å². The molecule has 4 rings (SSSR count). The van der Waals surface area contributed by atoms with Crippen LogP contribution in [-0.2, 0) is 7.05 Å². The van der Waals surface area contributed by atoms with Crippen molar-refractivity contribution >= 4 is 16.8 Å². The van der Waals surface area contributed by atoms with Gasteiger partial charge in [-0.1, -0.05) is 6.07 Å². The van der Waals surface area contributed by atoms with Gasteiger partial charge in [-0.3, -0.25) is 14.5 Å². The second-order valence-electron chi connectivity index (χ2n) is 6.69. The van der Waals surface area contributed by atoms with Gasteiger partial charge in [0, 0.05) is 36.0 Å². The first-order valence-electron chi connectivity index (χ1n) is 8.42. The molecule has 2 heterocycles. The maximum Gasteiger partial charge on any atom is 0.251 e. The minimum Gasteiger partial charge on any atom is -0.393 e. The van der Waals surface area contributed by atoms with Crippen molar-refractivity contribution in [3.8, 4) is 0 Å². The number of aromatic nitrogens is 3. The Hall–Kier alpha value is -2.73. The van der Waals surface area contributed by atoms with Crippen LogP contribution >= 0.6 is 0 Å². The summed E-state index contributed by atoms with van der Waals surface area (Å²) in [5.41, 5.74) is 2.44. The summed E-state index contributed by atoms with van der Waals surface area (Å²) in [5, 5.41) is 17.9. The fourth-order valence-electron chi connectivity index (χ4n) is 3.42. The molecule has 0 aliphatic heterocycles. The monoisotopic (exact) mass is 336 g/mol. The van der Waals surface area contributed by atoms with E-state index in [9.17, 15) is 9.90 Å². The summed E-state index contributed by atoms with van der Waals surface area (Å²) in [7, 11) is 1.86. The molecule has 1 saturated carbocycles. The van der Waals surface area contributed by atoms with Gasteiger partial charge in [0.2, 0.25) is 0 Å². The summed E-state index contributed by atoms with van der Waals surface area (Å²) in [5.74, 6) is 0.103. The Labute approximate surface area is 145 Å². The molecule has 1 aromatic carbocycles. The Morgan fingerprint density at radius 2 is 2.20 bits per heavy atom. The van der Waals surface area contributed by atoms with Gasteiger partial charge >= 0.3 is 0 Å². The van der Waals surface area contributed by atoms with Crippen molar-refractivity contribution in [1.29, 1.82) is 0 Å². The van der Waals surface area contributed by atoms with Crippen LogP contribution in [0.2, 0.25) is 0 Å². The van der Waals surface area contributed by atoms with E-state index in [0.29, 0.717) is 18.4 Å². The third-order valence-corrected chi connectivity index (χ3v) is 4.86. The van der Waals surface area contributed by atoms with Gasteiger partial charge in [-0.05, 0) is 43.0 Å². The number of nitrogens with zero attached hydrogens (tertiary/aromatic N) is 3. The number of amides is 1. The van der Waals surface area contributed by atoms with Crippen molar-refractivity contribution in [3.63, 3.8) is 0 Å². The summed E-state index contributed by atoms with van der Waals surface area (Å²) < 4.78 is 1.73. The average Bonchev–Trinajstić information content (AvgIpc) is 3.03. The van der Waals surface area contributed by atoms with Gasteiger partial charge in [-0.15, -0.1) is 0 Å². The number of pyridine rings is 1. The van der Waals surface area contributed by atoms with E-state index in [1.54, 1.807) is 23.1 Å². The van der Waals surface area contributed by atoms with Crippen LogP contribution in [0, 0.1) is 5.92 Å². The van der Waals surface area contributed by atoms with Crippen LogP contribution in [-0.4, -0.2) is 31.9 Å². The molecule has 1 atom stereocenters. The minimum absolute atomic E-state index is 0.124. The number of nitrogens with one attached hydrogen (secondary N) is 1. The van der Waals surface area contributed by atoms with Crippen LogP contribution < -0.4 is 5.32 Å². The Bertz CT molecular complexity index is 914. The van der Waals surface area contributed by atoms with E-state index in [2.05, 4.69) is 15.4 Å². The number of carbonyl (C=O) groups is 1. The standard InChI is InChI=1S/C19H20N4O2/c1-23-11-15(10-21-23)18(14-8-16(24)9-14)22-19(25)13-4-5-17-12(7-13)3-2-6-20-17/h2-7,10-11,14,16,18,24H,8-9H2,1H3,(H,22,25)/t14?,16?,18-/m0/s1. The van der Waals surface area contributed by atoms with Crippen molar-refractivity contribution in [1.82, 2.24) is 20.1 Å². The summed E-state index contributed by atoms with van der Waals surface area (Å²) >= 11 is 0. The first-order valence-corrected chi connectivity index (χ1v) is 8.42. The van der Waals surface area contributed by atoms with Crippen LogP contribution in [0.3, 0.4) is 0 Å². The lowest BCUT2D eigenvalue weighted by atomic mass is 9.75. The number of aliphatic hydroxyl groups excluding tert-OH is 1. The van der Waals surface area contributed by atoms with Crippen molar-refractivity contribution in [3.05, 3.63) is 60.0 Å². The highest BCUT2D eigenvalue weighted by molar-refractivity contribution is 5.98. The van der Waals surface area contributed by atoms with Gasteiger partial charge in [0.05, 0.1) is 23.9 Å². The number of aliphatic hydroxyl groups is 1. The molecular weight excluding hydrogens is 316 g/mol. The zero-order valence-corrected chi connectivity index (χ0v) is 14.0. The van der Waals surface area contributed by atoms with E-state index in [4.69, 9.17) is 0 Å². The smallest absolute Gasteiger partial charge is 0.251 e. The predicted octanol–water partition coefficient (Wildman–Crippen LogP) is 2.21. The number of hydrogen-bond donors (Lipinski definition) is 2. The molecule has 128 valence electrons. The Balaban J connectivity index is 1.58. The highest BCUT2D eigenvalue weighted by atomic mass is 16.3. The first-order chi connectivity index (χ1) is 12.1. The highest BCUT2D eigenvalue weighted by Gasteiger charge is 2.36. The van der Waals surface area contributed by atoms with Gasteiger partial charge < -0.3 is 10.4 Å². The summed E-state index contributed by atoms with van der Waals surface area (Å²) in [6.45, 7) is 0. The van der Waals surface area contributed by atoms with Crippen LogP contribution in [0.1, 0.15) is 34.8 Å². The van der Waals surface area contributed by atoms with Crippen LogP contribution in [0.5, 0.6) is 0 Å². The maximum absolute atomic E-state index is 12.8. The van der Waals surface area contributed by atoms with Gasteiger partial charge in [0.1, 0.15) is 0 Å². The first kappa shape index (κ1) is 15.8. The minimum atomic E-state index is -0.271. The molecule has 25 heavy (non-hydrogen) atoms. The van der Waals surface area contributed by atoms with Gasteiger partial charge in [-0.2, -0.15) is 5.10 Å². The fraction of sp³-hybridized carbons (Fsp3) is 0.316. The van der Waals surface area contributed by atoms with Crippen molar-refractivity contribution < 1.29 is 9.90 Å². The SMILES string of the molecule is Cn1cc([C@@H](NC(=O)c2ccc3ncccc3c2)C2CC(O)C2)cn1. The number of benzene rings is 1. The molecule has 0 unspecified atom stereocenters. The number of rotatable bonds is 4. The molecule has 0 bridgehead atoms. The van der Waals surface area contributed by atoms with E-state index in [1.807, 2.05) is 37.5 Å². The van der Waals surface area contributed by atoms with Gasteiger partial charge in [0.15, 0.2) is 0 Å². The van der Waals surface area contributed by atoms with E-state index in [1.165, 1.54) is 0 Å². The van der Waals surface area contributed by atoms with Crippen molar-refractivity contribution in [2.75, 3.05) is 0 Å². The van der Waals surface area contributed by atoms with E-state index < -0.39 is 0 Å². The zero-order valence-electron chi connectivity index (χ0n) is 14.0. The van der Waals surface area contributed by atoms with Crippen LogP contribution in [0.4, 0.5) is 0 Å². The van der Waals surface area contributed by atoms with Crippen LogP contribution in [0.15, 0.2) is 48.9 Å². The number of hydrogen-bond acceptors (Lipinski definition) is 4. The van der Waals surface area contributed by atoms with Crippen molar-refractivity contribution in [2.24, 2.45) is 13.0 Å². The third kappa shape index (κ3) is 3.13. The molecule has 1 fully saturated rings. The number of fused-ring (bicyclic) bond motifs is 1. The molecule has 1 aliphatic carbocycles. The molecule has 1 aliphatic rings. The molecule has 6 nitrogen and oxygen atoms in total. The Morgan fingerprint density at radius 1 is 1.36 bits per heavy atom. The normalized spacial score (nSPS) is 20.9. The van der Waals surface area contributed by atoms with Crippen molar-refractivity contribution in [2.45, 2.75) is 25.0 Å². The summed E-state index contributed by atoms with van der Waals surface area (Å²) in [6, 6.07) is 9.16. The number of aryl methyl sites for hydroxylation is 1. The molecule has 2 aromatic heterocycles. The molecular formula is C19H20N4O2. The molecule has 0 spiro atoms. The molecule has 6 heteroatoms. The Kier molecular flexibility index (Phi) is 3.97. The zero-order chi connectivity index (χ0) is 17.4. The molecule has 0 radical (unpaired) electrons. The lowest BCUT2D eigenvalue weighted by Crippen LogP contribution is -2.41. The van der Waals surface area contributed by atoms with Gasteiger partial charge in [0.25, 0.3) is 5.91 Å².